The van der Waals surface area contributed by atoms with Crippen molar-refractivity contribution in [3.05, 3.63) is 58.4 Å². The summed E-state index contributed by atoms with van der Waals surface area (Å²) < 4.78 is 67.9. The Morgan fingerprint density at radius 1 is 1.17 bits per heavy atom. The van der Waals surface area contributed by atoms with Gasteiger partial charge in [-0.05, 0) is 13.0 Å². The Hall–Kier alpha value is -3.02. The van der Waals surface area contributed by atoms with Crippen LogP contribution < -0.4 is 5.32 Å². The van der Waals surface area contributed by atoms with E-state index < -0.39 is 47.0 Å². The van der Waals surface area contributed by atoms with Gasteiger partial charge < -0.3 is 0 Å². The SMILES string of the molecule is CC(C(=O)Nc1ncn(Cc2ccccc2F)n1)n1nc(C(F)F)c(Cl)c1C(F)F. The average Bonchev–Trinajstić information content (AvgIpc) is 3.26. The zero-order chi connectivity index (χ0) is 22.0. The van der Waals surface area contributed by atoms with Gasteiger partial charge in [-0.15, -0.1) is 5.10 Å². The molecule has 3 rings (SSSR count). The molecule has 1 atom stereocenters. The topological polar surface area (TPSA) is 77.6 Å². The molecule has 30 heavy (non-hydrogen) atoms. The molecule has 160 valence electrons. The number of hydrogen-bond acceptors (Lipinski definition) is 4. The summed E-state index contributed by atoms with van der Waals surface area (Å²) in [4.78, 5) is 16.2. The molecule has 1 N–H and O–H groups in total. The molecule has 0 aliphatic rings. The Morgan fingerprint density at radius 3 is 2.50 bits per heavy atom. The highest BCUT2D eigenvalue weighted by atomic mass is 35.5. The van der Waals surface area contributed by atoms with E-state index in [1.807, 2.05) is 0 Å². The molecule has 0 fully saturated rings. The summed E-state index contributed by atoms with van der Waals surface area (Å²) in [6.07, 6.45) is -5.19. The van der Waals surface area contributed by atoms with Crippen LogP contribution in [0.25, 0.3) is 0 Å². The predicted octanol–water partition coefficient (Wildman–Crippen LogP) is 4.39. The summed E-state index contributed by atoms with van der Waals surface area (Å²) in [6.45, 7) is 1.21. The van der Waals surface area contributed by atoms with Gasteiger partial charge in [0.2, 0.25) is 5.95 Å². The summed E-state index contributed by atoms with van der Waals surface area (Å²) in [7, 11) is 0. The quantitative estimate of drug-likeness (QED) is 0.544. The number of rotatable bonds is 7. The van der Waals surface area contributed by atoms with Crippen molar-refractivity contribution < 1.29 is 26.7 Å². The molecule has 0 aliphatic carbocycles. The van der Waals surface area contributed by atoms with Crippen LogP contribution in [0.2, 0.25) is 5.02 Å². The Morgan fingerprint density at radius 2 is 1.87 bits per heavy atom. The van der Waals surface area contributed by atoms with Gasteiger partial charge in [-0.3, -0.25) is 10.1 Å². The molecule has 7 nitrogen and oxygen atoms in total. The van der Waals surface area contributed by atoms with Crippen molar-refractivity contribution in [3.63, 3.8) is 0 Å². The van der Waals surface area contributed by atoms with Crippen LogP contribution in [-0.4, -0.2) is 30.5 Å². The first-order valence-electron chi connectivity index (χ1n) is 8.46. The first-order chi connectivity index (χ1) is 14.2. The van der Waals surface area contributed by atoms with Crippen molar-refractivity contribution >= 4 is 23.5 Å². The molecule has 2 aromatic heterocycles. The molecular weight excluding hydrogens is 435 g/mol. The van der Waals surface area contributed by atoms with Crippen LogP contribution in [-0.2, 0) is 11.3 Å². The van der Waals surface area contributed by atoms with Gasteiger partial charge in [0.1, 0.15) is 29.6 Å². The zero-order valence-electron chi connectivity index (χ0n) is 15.2. The van der Waals surface area contributed by atoms with Crippen molar-refractivity contribution in [2.75, 3.05) is 5.32 Å². The lowest BCUT2D eigenvalue weighted by atomic mass is 10.2. The predicted molar refractivity (Wildman–Crippen MR) is 96.0 cm³/mol. The van der Waals surface area contributed by atoms with Gasteiger partial charge in [-0.1, -0.05) is 29.8 Å². The summed E-state index contributed by atoms with van der Waals surface area (Å²) >= 11 is 5.59. The third kappa shape index (κ3) is 4.42. The van der Waals surface area contributed by atoms with E-state index in [-0.39, 0.29) is 12.5 Å². The maximum atomic E-state index is 13.7. The fraction of sp³-hybridized carbons (Fsp3) is 0.294. The third-order valence-corrected chi connectivity index (χ3v) is 4.52. The number of aromatic nitrogens is 5. The molecule has 13 heteroatoms. The highest BCUT2D eigenvalue weighted by molar-refractivity contribution is 6.32. The molecule has 0 saturated heterocycles. The van der Waals surface area contributed by atoms with E-state index in [1.54, 1.807) is 12.1 Å². The van der Waals surface area contributed by atoms with Gasteiger partial charge in [-0.25, -0.2) is 36.3 Å². The van der Waals surface area contributed by atoms with Gasteiger partial charge in [0, 0.05) is 5.56 Å². The minimum absolute atomic E-state index is 0.0349. The van der Waals surface area contributed by atoms with Crippen LogP contribution in [0.15, 0.2) is 30.6 Å². The minimum Gasteiger partial charge on any atom is -0.291 e. The number of nitrogens with one attached hydrogen (secondary N) is 1. The van der Waals surface area contributed by atoms with E-state index in [0.29, 0.717) is 10.2 Å². The second-order valence-electron chi connectivity index (χ2n) is 6.15. The molecule has 0 radical (unpaired) electrons. The number of carbonyl (C=O) groups excluding carboxylic acids is 1. The Bertz CT molecular complexity index is 1050. The van der Waals surface area contributed by atoms with E-state index in [1.165, 1.54) is 30.1 Å². The van der Waals surface area contributed by atoms with Crippen LogP contribution in [0.4, 0.5) is 27.9 Å². The van der Waals surface area contributed by atoms with E-state index in [4.69, 9.17) is 11.6 Å². The lowest BCUT2D eigenvalue weighted by Crippen LogP contribution is -2.26. The van der Waals surface area contributed by atoms with Gasteiger partial charge in [0.25, 0.3) is 18.8 Å². The first-order valence-corrected chi connectivity index (χ1v) is 8.84. The monoisotopic (exact) mass is 448 g/mol. The number of anilines is 1. The lowest BCUT2D eigenvalue weighted by Gasteiger charge is -2.14. The molecular formula is C17H14ClF5N6O. The smallest absolute Gasteiger partial charge is 0.283 e. The number of amides is 1. The molecule has 3 aromatic rings. The summed E-state index contributed by atoms with van der Waals surface area (Å²) in [5.74, 6) is -1.52. The fourth-order valence-corrected chi connectivity index (χ4v) is 2.92. The number of halogens is 6. The first kappa shape index (κ1) is 21.7. The minimum atomic E-state index is -3.23. The number of hydrogen-bond donors (Lipinski definition) is 1. The normalized spacial score (nSPS) is 12.6. The molecule has 1 unspecified atom stereocenters. The van der Waals surface area contributed by atoms with Crippen LogP contribution >= 0.6 is 11.6 Å². The third-order valence-electron chi connectivity index (χ3n) is 4.13. The Kier molecular flexibility index (Phi) is 6.34. The number of carbonyl (C=O) groups is 1. The molecule has 1 amide bonds. The molecule has 2 heterocycles. The zero-order valence-corrected chi connectivity index (χ0v) is 16.0. The van der Waals surface area contributed by atoms with Crippen LogP contribution in [0.5, 0.6) is 0 Å². The van der Waals surface area contributed by atoms with Crippen molar-refractivity contribution in [1.82, 2.24) is 24.5 Å². The molecule has 0 saturated carbocycles. The fourth-order valence-electron chi connectivity index (χ4n) is 2.63. The van der Waals surface area contributed by atoms with E-state index in [9.17, 15) is 26.7 Å². The van der Waals surface area contributed by atoms with Crippen molar-refractivity contribution in [2.45, 2.75) is 32.4 Å². The van der Waals surface area contributed by atoms with Crippen molar-refractivity contribution in [1.29, 1.82) is 0 Å². The molecule has 0 aliphatic heterocycles. The van der Waals surface area contributed by atoms with E-state index in [2.05, 4.69) is 20.5 Å². The maximum absolute atomic E-state index is 13.7. The number of benzene rings is 1. The highest BCUT2D eigenvalue weighted by Gasteiger charge is 2.32. The standard InChI is InChI=1S/C17H14ClF5N6O/c1-8(29-13(15(22)23)11(18)12(26-29)14(20)21)16(30)25-17-24-7-28(27-17)6-9-4-2-3-5-10(9)19/h2-5,7-8,14-15H,6H2,1H3,(H,25,27,30). The second kappa shape index (κ2) is 8.78. The maximum Gasteiger partial charge on any atom is 0.283 e. The molecule has 1 aromatic carbocycles. The average molecular weight is 449 g/mol. The summed E-state index contributed by atoms with van der Waals surface area (Å²) in [5, 5.41) is 8.70. The summed E-state index contributed by atoms with van der Waals surface area (Å²) in [5.41, 5.74) is -1.70. The highest BCUT2D eigenvalue weighted by Crippen LogP contribution is 2.36. The second-order valence-corrected chi connectivity index (χ2v) is 6.53. The van der Waals surface area contributed by atoms with Gasteiger partial charge in [0.15, 0.2) is 0 Å². The summed E-state index contributed by atoms with van der Waals surface area (Å²) in [6, 6.07) is 4.58. The van der Waals surface area contributed by atoms with Gasteiger partial charge >= 0.3 is 0 Å². The lowest BCUT2D eigenvalue weighted by molar-refractivity contribution is -0.119. The van der Waals surface area contributed by atoms with E-state index >= 15 is 0 Å². The number of alkyl halides is 4. The molecule has 0 spiro atoms. The van der Waals surface area contributed by atoms with Gasteiger partial charge in [0.05, 0.1) is 11.6 Å². The van der Waals surface area contributed by atoms with Gasteiger partial charge in [-0.2, -0.15) is 5.10 Å². The Balaban J connectivity index is 1.76. The van der Waals surface area contributed by atoms with Crippen LogP contribution in [0.3, 0.4) is 0 Å². The largest absolute Gasteiger partial charge is 0.291 e. The van der Waals surface area contributed by atoms with E-state index in [0.717, 1.165) is 0 Å². The Labute approximate surface area is 171 Å². The molecule has 0 bridgehead atoms. The van der Waals surface area contributed by atoms with Crippen molar-refractivity contribution in [3.8, 4) is 0 Å². The number of nitrogens with zero attached hydrogens (tertiary/aromatic N) is 5. The van der Waals surface area contributed by atoms with Crippen molar-refractivity contribution in [2.24, 2.45) is 0 Å². The van der Waals surface area contributed by atoms with Crippen LogP contribution in [0, 0.1) is 5.82 Å². The van der Waals surface area contributed by atoms with Crippen LogP contribution in [0.1, 0.15) is 42.8 Å².